The van der Waals surface area contributed by atoms with Gasteiger partial charge >= 0.3 is 0 Å². The van der Waals surface area contributed by atoms with E-state index in [9.17, 15) is 0 Å². The second kappa shape index (κ2) is 4.37. The maximum Gasteiger partial charge on any atom is 0.0911 e. The molecule has 3 aromatic rings. The fourth-order valence-corrected chi connectivity index (χ4v) is 3.22. The van der Waals surface area contributed by atoms with Crippen molar-refractivity contribution in [3.63, 3.8) is 0 Å². The average molecular weight is 263 g/mol. The average Bonchev–Trinajstić information content (AvgIpc) is 2.86. The Labute approximate surface area is 118 Å². The predicted octanol–water partition coefficient (Wildman–Crippen LogP) is 3.47. The highest BCUT2D eigenvalue weighted by molar-refractivity contribution is 5.89. The summed E-state index contributed by atoms with van der Waals surface area (Å²) in [4.78, 5) is 6.84. The van der Waals surface area contributed by atoms with Gasteiger partial charge in [-0.2, -0.15) is 0 Å². The second-order valence-electron chi connectivity index (χ2n) is 5.42. The van der Waals surface area contributed by atoms with Gasteiger partial charge in [0.2, 0.25) is 0 Å². The van der Waals surface area contributed by atoms with E-state index in [1.165, 1.54) is 16.8 Å². The lowest BCUT2D eigenvalue weighted by Crippen LogP contribution is -2.19. The van der Waals surface area contributed by atoms with Crippen molar-refractivity contribution in [3.05, 3.63) is 60.4 Å². The molecule has 0 spiro atoms. The third kappa shape index (κ3) is 1.63. The molecule has 0 bridgehead atoms. The molecular weight excluding hydrogens is 246 g/mol. The summed E-state index contributed by atoms with van der Waals surface area (Å²) >= 11 is 0. The lowest BCUT2D eigenvalue weighted by atomic mass is 10.0. The summed E-state index contributed by atoms with van der Waals surface area (Å²) in [5.74, 6) is 0. The quantitative estimate of drug-likeness (QED) is 0.670. The number of pyridine rings is 1. The largest absolute Gasteiger partial charge is 0.373 e. The van der Waals surface area contributed by atoms with Crippen molar-refractivity contribution in [1.82, 2.24) is 9.55 Å². The fraction of sp³-hybridized carbons (Fsp3) is 0.235. The zero-order valence-electron chi connectivity index (χ0n) is 11.5. The fourth-order valence-electron chi connectivity index (χ4n) is 3.22. The minimum atomic E-state index is 0.390. The van der Waals surface area contributed by atoms with Crippen LogP contribution in [-0.4, -0.2) is 23.1 Å². The molecule has 3 heteroatoms. The number of aromatic nitrogens is 2. The molecule has 0 N–H and O–H groups in total. The van der Waals surface area contributed by atoms with E-state index in [4.69, 9.17) is 0 Å². The Hall–Kier alpha value is -2.29. The van der Waals surface area contributed by atoms with Crippen LogP contribution in [0.15, 0.2) is 54.9 Å². The first-order chi connectivity index (χ1) is 9.84. The van der Waals surface area contributed by atoms with Crippen molar-refractivity contribution in [2.24, 2.45) is 0 Å². The molecule has 20 heavy (non-hydrogen) atoms. The van der Waals surface area contributed by atoms with E-state index >= 15 is 0 Å². The number of hydrogen-bond acceptors (Lipinski definition) is 2. The number of anilines is 1. The van der Waals surface area contributed by atoms with Gasteiger partial charge in [0, 0.05) is 26.0 Å². The molecule has 4 rings (SSSR count). The van der Waals surface area contributed by atoms with Crippen molar-refractivity contribution in [1.29, 1.82) is 0 Å². The topological polar surface area (TPSA) is 21.1 Å². The number of hydrogen-bond donors (Lipinski definition) is 0. The van der Waals surface area contributed by atoms with Crippen molar-refractivity contribution in [3.8, 4) is 0 Å². The van der Waals surface area contributed by atoms with Gasteiger partial charge in [-0.1, -0.05) is 30.3 Å². The van der Waals surface area contributed by atoms with Crippen molar-refractivity contribution >= 4 is 16.7 Å². The first-order valence-electron chi connectivity index (χ1n) is 7.06. The second-order valence-corrected chi connectivity index (χ2v) is 5.42. The molecule has 3 heterocycles. The van der Waals surface area contributed by atoms with Crippen molar-refractivity contribution in [2.45, 2.75) is 12.5 Å². The van der Waals surface area contributed by atoms with Crippen LogP contribution in [0.4, 0.5) is 5.69 Å². The molecule has 0 unspecified atom stereocenters. The van der Waals surface area contributed by atoms with Crippen LogP contribution in [0.3, 0.4) is 0 Å². The predicted molar refractivity (Wildman–Crippen MR) is 82.2 cm³/mol. The van der Waals surface area contributed by atoms with Crippen LogP contribution < -0.4 is 4.90 Å². The molecule has 1 atom stereocenters. The van der Waals surface area contributed by atoms with Crippen LogP contribution in [0.2, 0.25) is 0 Å². The SMILES string of the molecule is CN1CC[C@@H](c2ccccc2)n2ccc3nccc1c32. The molecule has 0 aliphatic carbocycles. The molecule has 0 radical (unpaired) electrons. The van der Waals surface area contributed by atoms with E-state index in [2.05, 4.69) is 70.2 Å². The van der Waals surface area contributed by atoms with Gasteiger partial charge in [0.05, 0.1) is 22.8 Å². The van der Waals surface area contributed by atoms with E-state index in [1.54, 1.807) is 0 Å². The Kier molecular flexibility index (Phi) is 2.52. The normalized spacial score (nSPS) is 18.2. The lowest BCUT2D eigenvalue weighted by molar-refractivity contribution is 0.568. The summed E-state index contributed by atoms with van der Waals surface area (Å²) in [5.41, 5.74) is 4.98. The molecule has 2 aromatic heterocycles. The molecule has 0 amide bonds. The Bertz CT molecular complexity index is 745. The minimum Gasteiger partial charge on any atom is -0.373 e. The van der Waals surface area contributed by atoms with Crippen LogP contribution in [0, 0.1) is 0 Å². The Balaban J connectivity index is 1.96. The van der Waals surface area contributed by atoms with E-state index in [0.717, 1.165) is 18.5 Å². The molecule has 0 saturated heterocycles. The van der Waals surface area contributed by atoms with Gasteiger partial charge in [0.25, 0.3) is 0 Å². The molecule has 1 aliphatic rings. The number of benzene rings is 1. The third-order valence-corrected chi connectivity index (χ3v) is 4.25. The molecule has 3 nitrogen and oxygen atoms in total. The van der Waals surface area contributed by atoms with E-state index in [0.29, 0.717) is 6.04 Å². The van der Waals surface area contributed by atoms with Crippen LogP contribution in [0.1, 0.15) is 18.0 Å². The van der Waals surface area contributed by atoms with Gasteiger partial charge in [-0.15, -0.1) is 0 Å². The van der Waals surface area contributed by atoms with Gasteiger partial charge < -0.3 is 9.47 Å². The maximum atomic E-state index is 4.50. The van der Waals surface area contributed by atoms with Crippen LogP contribution >= 0.6 is 0 Å². The van der Waals surface area contributed by atoms with Crippen LogP contribution in [0.25, 0.3) is 11.0 Å². The molecule has 0 saturated carbocycles. The Morgan fingerprint density at radius 1 is 1.10 bits per heavy atom. The van der Waals surface area contributed by atoms with Crippen molar-refractivity contribution < 1.29 is 0 Å². The maximum absolute atomic E-state index is 4.50. The minimum absolute atomic E-state index is 0.390. The summed E-state index contributed by atoms with van der Waals surface area (Å²) in [5, 5.41) is 0. The van der Waals surface area contributed by atoms with Crippen LogP contribution in [-0.2, 0) is 0 Å². The Morgan fingerprint density at radius 2 is 1.95 bits per heavy atom. The smallest absolute Gasteiger partial charge is 0.0911 e. The first-order valence-corrected chi connectivity index (χ1v) is 7.06. The number of rotatable bonds is 1. The van der Waals surface area contributed by atoms with Gasteiger partial charge in [-0.25, -0.2) is 0 Å². The van der Waals surface area contributed by atoms with Crippen molar-refractivity contribution in [2.75, 3.05) is 18.5 Å². The van der Waals surface area contributed by atoms with E-state index in [-0.39, 0.29) is 0 Å². The van der Waals surface area contributed by atoms with E-state index in [1.807, 2.05) is 6.20 Å². The van der Waals surface area contributed by atoms with Gasteiger partial charge in [0.15, 0.2) is 0 Å². The highest BCUT2D eigenvalue weighted by atomic mass is 15.2. The molecule has 100 valence electrons. The summed E-state index contributed by atoms with van der Waals surface area (Å²) < 4.78 is 2.39. The first kappa shape index (κ1) is 11.5. The molecule has 0 fully saturated rings. The summed E-state index contributed by atoms with van der Waals surface area (Å²) in [6.07, 6.45) is 5.19. The summed E-state index contributed by atoms with van der Waals surface area (Å²) in [6, 6.07) is 15.4. The molecular formula is C17H17N3. The standard InChI is InChI=1S/C17H17N3/c1-19-11-9-15(13-5-3-2-4-6-13)20-12-8-14-17(20)16(19)7-10-18-14/h2-8,10,12,15H,9,11H2,1H3/t15-/m0/s1. The zero-order valence-corrected chi connectivity index (χ0v) is 11.5. The Morgan fingerprint density at radius 3 is 2.80 bits per heavy atom. The monoisotopic (exact) mass is 263 g/mol. The van der Waals surface area contributed by atoms with Gasteiger partial charge in [-0.3, -0.25) is 4.98 Å². The highest BCUT2D eigenvalue weighted by Crippen LogP contribution is 2.35. The van der Waals surface area contributed by atoms with E-state index < -0.39 is 0 Å². The summed E-state index contributed by atoms with van der Waals surface area (Å²) in [6.45, 7) is 1.06. The van der Waals surface area contributed by atoms with Crippen LogP contribution in [0.5, 0.6) is 0 Å². The lowest BCUT2D eigenvalue weighted by Gasteiger charge is -2.19. The highest BCUT2D eigenvalue weighted by Gasteiger charge is 2.23. The van der Waals surface area contributed by atoms with Gasteiger partial charge in [0.1, 0.15) is 0 Å². The zero-order chi connectivity index (χ0) is 13.5. The molecule has 1 aliphatic heterocycles. The van der Waals surface area contributed by atoms with Gasteiger partial charge in [-0.05, 0) is 24.1 Å². The number of nitrogens with zero attached hydrogens (tertiary/aromatic N) is 3. The summed E-state index contributed by atoms with van der Waals surface area (Å²) in [7, 11) is 2.17. The third-order valence-electron chi connectivity index (χ3n) is 4.25. The molecule has 1 aromatic carbocycles.